The third-order valence-electron chi connectivity index (χ3n) is 3.12. The molecule has 0 aromatic heterocycles. The predicted molar refractivity (Wildman–Crippen MR) is 76.1 cm³/mol. The van der Waals surface area contributed by atoms with Crippen molar-refractivity contribution < 1.29 is 14.7 Å². The largest absolute Gasteiger partial charge is 0.480 e. The van der Waals surface area contributed by atoms with Crippen LogP contribution < -0.4 is 10.3 Å². The number of carbonyl (C=O) groups excluding carboxylic acids is 1. The van der Waals surface area contributed by atoms with E-state index >= 15 is 0 Å². The highest BCUT2D eigenvalue weighted by Crippen LogP contribution is 2.19. The standard InChI is InChI=1S/C14H17N3O3/c1-9-7-8-17(16-9)12-5-3-11(4-6-12)13(18)15-10(2)14(19)20/h3-6,10H,7-8H2,1-2H3,(H,15,18)(H,19,20). The number of nitrogens with one attached hydrogen (secondary N) is 1. The van der Waals surface area contributed by atoms with Crippen molar-refractivity contribution in [1.82, 2.24) is 5.32 Å². The molecule has 6 nitrogen and oxygen atoms in total. The lowest BCUT2D eigenvalue weighted by atomic mass is 10.1. The molecule has 0 bridgehead atoms. The molecule has 0 radical (unpaired) electrons. The first-order valence-corrected chi connectivity index (χ1v) is 6.42. The van der Waals surface area contributed by atoms with Crippen LogP contribution in [0.15, 0.2) is 29.4 Å². The van der Waals surface area contributed by atoms with Crippen molar-refractivity contribution in [3.05, 3.63) is 29.8 Å². The second-order valence-electron chi connectivity index (χ2n) is 4.79. The van der Waals surface area contributed by atoms with Gasteiger partial charge < -0.3 is 10.4 Å². The maximum atomic E-state index is 11.8. The number of nitrogens with zero attached hydrogens (tertiary/aromatic N) is 2. The number of aliphatic carboxylic acids is 1. The number of amides is 1. The van der Waals surface area contributed by atoms with Crippen LogP contribution in [0, 0.1) is 0 Å². The van der Waals surface area contributed by atoms with Crippen LogP contribution in [0.4, 0.5) is 5.69 Å². The molecule has 1 aliphatic rings. The van der Waals surface area contributed by atoms with Gasteiger partial charge in [-0.3, -0.25) is 14.6 Å². The Labute approximate surface area is 117 Å². The Hall–Kier alpha value is -2.37. The zero-order chi connectivity index (χ0) is 14.7. The van der Waals surface area contributed by atoms with Crippen molar-refractivity contribution in [2.24, 2.45) is 5.10 Å². The van der Waals surface area contributed by atoms with E-state index in [0.29, 0.717) is 5.56 Å². The molecule has 1 aromatic rings. The maximum Gasteiger partial charge on any atom is 0.325 e. The average molecular weight is 275 g/mol. The SMILES string of the molecule is CC1=NN(c2ccc(C(=O)NC(C)C(=O)O)cc2)CC1. The minimum Gasteiger partial charge on any atom is -0.480 e. The topological polar surface area (TPSA) is 82.0 Å². The van der Waals surface area contributed by atoms with Gasteiger partial charge in [-0.1, -0.05) is 0 Å². The molecule has 0 aliphatic carbocycles. The summed E-state index contributed by atoms with van der Waals surface area (Å²) in [5.74, 6) is -1.45. The number of hydrogen-bond donors (Lipinski definition) is 2. The molecule has 1 atom stereocenters. The Balaban J connectivity index is 2.05. The number of benzene rings is 1. The Morgan fingerprint density at radius 1 is 1.35 bits per heavy atom. The first-order valence-electron chi connectivity index (χ1n) is 6.42. The quantitative estimate of drug-likeness (QED) is 0.872. The Bertz CT molecular complexity index is 551. The van der Waals surface area contributed by atoms with E-state index in [-0.39, 0.29) is 0 Å². The molecule has 0 saturated heterocycles. The number of hydrogen-bond acceptors (Lipinski definition) is 4. The molecule has 0 fully saturated rings. The van der Waals surface area contributed by atoms with Gasteiger partial charge in [0.15, 0.2) is 0 Å². The van der Waals surface area contributed by atoms with Crippen LogP contribution in [-0.2, 0) is 4.79 Å². The highest BCUT2D eigenvalue weighted by atomic mass is 16.4. The Morgan fingerprint density at radius 3 is 2.50 bits per heavy atom. The smallest absolute Gasteiger partial charge is 0.325 e. The summed E-state index contributed by atoms with van der Waals surface area (Å²) in [5.41, 5.74) is 2.44. The van der Waals surface area contributed by atoms with Gasteiger partial charge in [-0.25, -0.2) is 0 Å². The summed E-state index contributed by atoms with van der Waals surface area (Å²) in [6, 6.07) is 6.04. The van der Waals surface area contributed by atoms with Crippen molar-refractivity contribution in [3.8, 4) is 0 Å². The minimum atomic E-state index is -1.06. The molecule has 2 rings (SSSR count). The van der Waals surface area contributed by atoms with Gasteiger partial charge >= 0.3 is 5.97 Å². The molecular weight excluding hydrogens is 258 g/mol. The fourth-order valence-corrected chi connectivity index (χ4v) is 1.89. The van der Waals surface area contributed by atoms with Crippen LogP contribution in [-0.4, -0.2) is 35.3 Å². The molecule has 1 aliphatic heterocycles. The van der Waals surface area contributed by atoms with Gasteiger partial charge in [0, 0.05) is 24.2 Å². The summed E-state index contributed by atoms with van der Waals surface area (Å²) in [6.07, 6.45) is 0.943. The normalized spacial score (nSPS) is 15.7. The molecule has 1 amide bonds. The maximum absolute atomic E-state index is 11.8. The zero-order valence-electron chi connectivity index (χ0n) is 11.5. The van der Waals surface area contributed by atoms with E-state index in [1.165, 1.54) is 6.92 Å². The first kappa shape index (κ1) is 14.0. The van der Waals surface area contributed by atoms with Crippen molar-refractivity contribution in [2.45, 2.75) is 26.3 Å². The van der Waals surface area contributed by atoms with Gasteiger partial charge in [0.25, 0.3) is 5.91 Å². The number of anilines is 1. The van der Waals surface area contributed by atoms with Crippen LogP contribution in [0.3, 0.4) is 0 Å². The number of rotatable bonds is 4. The molecular formula is C14H17N3O3. The number of carboxylic acid groups (broad SMARTS) is 1. The predicted octanol–water partition coefficient (Wildman–Crippen LogP) is 1.48. The second-order valence-corrected chi connectivity index (χ2v) is 4.79. The molecule has 1 aromatic carbocycles. The van der Waals surface area contributed by atoms with Crippen LogP contribution in [0.1, 0.15) is 30.6 Å². The summed E-state index contributed by atoms with van der Waals surface area (Å²) in [6.45, 7) is 4.25. The summed E-state index contributed by atoms with van der Waals surface area (Å²) >= 11 is 0. The molecule has 1 heterocycles. The van der Waals surface area contributed by atoms with E-state index in [9.17, 15) is 9.59 Å². The lowest BCUT2D eigenvalue weighted by Gasteiger charge is -2.14. The molecule has 2 N–H and O–H groups in total. The second kappa shape index (κ2) is 5.73. The van der Waals surface area contributed by atoms with Gasteiger partial charge in [-0.15, -0.1) is 0 Å². The van der Waals surface area contributed by atoms with E-state index in [4.69, 9.17) is 5.11 Å². The van der Waals surface area contributed by atoms with Crippen LogP contribution in [0.5, 0.6) is 0 Å². The van der Waals surface area contributed by atoms with Gasteiger partial charge in [-0.2, -0.15) is 5.10 Å². The third kappa shape index (κ3) is 3.14. The summed E-state index contributed by atoms with van der Waals surface area (Å²) < 4.78 is 0. The monoisotopic (exact) mass is 275 g/mol. The zero-order valence-corrected chi connectivity index (χ0v) is 11.5. The van der Waals surface area contributed by atoms with Gasteiger partial charge in [0.2, 0.25) is 0 Å². The van der Waals surface area contributed by atoms with Crippen LogP contribution in [0.2, 0.25) is 0 Å². The van der Waals surface area contributed by atoms with E-state index in [1.807, 2.05) is 24.1 Å². The van der Waals surface area contributed by atoms with Crippen molar-refractivity contribution >= 4 is 23.3 Å². The summed E-state index contributed by atoms with van der Waals surface area (Å²) in [5, 5.41) is 17.4. The molecule has 0 spiro atoms. The van der Waals surface area contributed by atoms with Crippen LogP contribution in [0.25, 0.3) is 0 Å². The number of carbonyl (C=O) groups is 2. The van der Waals surface area contributed by atoms with Gasteiger partial charge in [-0.05, 0) is 38.1 Å². The van der Waals surface area contributed by atoms with Crippen molar-refractivity contribution in [3.63, 3.8) is 0 Å². The van der Waals surface area contributed by atoms with Crippen molar-refractivity contribution in [1.29, 1.82) is 0 Å². The van der Waals surface area contributed by atoms with Crippen LogP contribution >= 0.6 is 0 Å². The van der Waals surface area contributed by atoms with Gasteiger partial charge in [0.1, 0.15) is 6.04 Å². The fourth-order valence-electron chi connectivity index (χ4n) is 1.89. The van der Waals surface area contributed by atoms with E-state index in [2.05, 4.69) is 10.4 Å². The third-order valence-corrected chi connectivity index (χ3v) is 3.12. The molecule has 1 unspecified atom stereocenters. The van der Waals surface area contributed by atoms with E-state index < -0.39 is 17.9 Å². The fraction of sp³-hybridized carbons (Fsp3) is 0.357. The lowest BCUT2D eigenvalue weighted by molar-refractivity contribution is -0.138. The molecule has 106 valence electrons. The molecule has 0 saturated carbocycles. The van der Waals surface area contributed by atoms with E-state index in [1.54, 1.807) is 12.1 Å². The highest BCUT2D eigenvalue weighted by molar-refractivity contribution is 5.96. The highest BCUT2D eigenvalue weighted by Gasteiger charge is 2.16. The van der Waals surface area contributed by atoms with E-state index in [0.717, 1.165) is 24.4 Å². The number of carboxylic acids is 1. The van der Waals surface area contributed by atoms with Crippen molar-refractivity contribution in [2.75, 3.05) is 11.6 Å². The molecule has 6 heteroatoms. The lowest BCUT2D eigenvalue weighted by Crippen LogP contribution is -2.38. The molecule has 20 heavy (non-hydrogen) atoms. The average Bonchev–Trinajstić information content (AvgIpc) is 2.85. The Kier molecular flexibility index (Phi) is 4.02. The minimum absolute atomic E-state index is 0.396. The Morgan fingerprint density at radius 2 is 2.00 bits per heavy atom. The van der Waals surface area contributed by atoms with Gasteiger partial charge in [0.05, 0.1) is 5.69 Å². The number of hydrazone groups is 1. The first-order chi connectivity index (χ1) is 9.47. The summed E-state index contributed by atoms with van der Waals surface area (Å²) in [7, 11) is 0. The summed E-state index contributed by atoms with van der Waals surface area (Å²) in [4.78, 5) is 22.5.